The quantitative estimate of drug-likeness (QED) is 0.182. The van der Waals surface area contributed by atoms with Crippen LogP contribution in [0.25, 0.3) is 5.76 Å². The van der Waals surface area contributed by atoms with E-state index >= 15 is 0 Å². The summed E-state index contributed by atoms with van der Waals surface area (Å²) in [7, 11) is 0. The zero-order chi connectivity index (χ0) is 26.1. The van der Waals surface area contributed by atoms with Crippen LogP contribution in [0.3, 0.4) is 0 Å². The SMILES string of the molecule is CCCCOc1ccc(C2/C(=C(\O)c3ccc(OCC)cc3)C(=O)C(=O)N2CCN(CC)CC)cc1. The smallest absolute Gasteiger partial charge is 0.295 e. The number of ether oxygens (including phenoxy) is 2. The number of hydrogen-bond acceptors (Lipinski definition) is 6. The van der Waals surface area contributed by atoms with E-state index in [2.05, 4.69) is 25.7 Å². The number of aliphatic hydroxyl groups excluding tert-OH is 1. The van der Waals surface area contributed by atoms with Crippen LogP contribution in [-0.2, 0) is 9.59 Å². The van der Waals surface area contributed by atoms with Crippen LogP contribution in [0.2, 0.25) is 0 Å². The Kier molecular flexibility index (Phi) is 9.94. The molecule has 0 bridgehead atoms. The fourth-order valence-electron chi connectivity index (χ4n) is 4.36. The monoisotopic (exact) mass is 494 g/mol. The molecule has 1 amide bonds. The number of aliphatic hydroxyl groups is 1. The number of rotatable bonds is 13. The molecule has 194 valence electrons. The van der Waals surface area contributed by atoms with Gasteiger partial charge in [0.25, 0.3) is 11.7 Å². The maximum Gasteiger partial charge on any atom is 0.295 e. The third-order valence-corrected chi connectivity index (χ3v) is 6.49. The van der Waals surface area contributed by atoms with Gasteiger partial charge in [0.15, 0.2) is 0 Å². The summed E-state index contributed by atoms with van der Waals surface area (Å²) in [5, 5.41) is 11.3. The van der Waals surface area contributed by atoms with Crippen molar-refractivity contribution in [2.24, 2.45) is 0 Å². The van der Waals surface area contributed by atoms with Crippen molar-refractivity contribution in [3.05, 3.63) is 65.2 Å². The maximum atomic E-state index is 13.2. The number of Topliss-reactive ketones (excluding diaryl/α,β-unsaturated/α-hetero) is 1. The Labute approximate surface area is 214 Å². The van der Waals surface area contributed by atoms with Gasteiger partial charge in [-0.15, -0.1) is 0 Å². The highest BCUT2D eigenvalue weighted by atomic mass is 16.5. The maximum absolute atomic E-state index is 13.2. The normalized spacial score (nSPS) is 17.1. The van der Waals surface area contributed by atoms with E-state index < -0.39 is 17.7 Å². The lowest BCUT2D eigenvalue weighted by molar-refractivity contribution is -0.140. The molecule has 0 aromatic heterocycles. The van der Waals surface area contributed by atoms with Crippen molar-refractivity contribution >= 4 is 17.4 Å². The summed E-state index contributed by atoms with van der Waals surface area (Å²) in [6.07, 6.45) is 2.01. The van der Waals surface area contributed by atoms with Gasteiger partial charge in [-0.2, -0.15) is 0 Å². The predicted octanol–water partition coefficient (Wildman–Crippen LogP) is 5.03. The lowest BCUT2D eigenvalue weighted by Gasteiger charge is -2.28. The molecule has 1 unspecified atom stereocenters. The van der Waals surface area contributed by atoms with Gasteiger partial charge in [0.05, 0.1) is 24.8 Å². The van der Waals surface area contributed by atoms with Gasteiger partial charge < -0.3 is 24.4 Å². The second kappa shape index (κ2) is 13.1. The molecule has 7 nitrogen and oxygen atoms in total. The van der Waals surface area contributed by atoms with Crippen molar-refractivity contribution in [1.29, 1.82) is 0 Å². The zero-order valence-electron chi connectivity index (χ0n) is 21.8. The highest BCUT2D eigenvalue weighted by Gasteiger charge is 2.46. The van der Waals surface area contributed by atoms with E-state index in [0.29, 0.717) is 37.6 Å². The summed E-state index contributed by atoms with van der Waals surface area (Å²) >= 11 is 0. The first-order valence-corrected chi connectivity index (χ1v) is 12.9. The minimum Gasteiger partial charge on any atom is -0.507 e. The van der Waals surface area contributed by atoms with Crippen LogP contribution in [0.5, 0.6) is 11.5 Å². The molecule has 1 aliphatic rings. The number of likely N-dealkylation sites (N-methyl/N-ethyl adjacent to an activating group) is 1. The Morgan fingerprint density at radius 2 is 1.53 bits per heavy atom. The summed E-state index contributed by atoms with van der Waals surface area (Å²) in [6, 6.07) is 13.6. The van der Waals surface area contributed by atoms with Crippen molar-refractivity contribution in [1.82, 2.24) is 9.80 Å². The predicted molar refractivity (Wildman–Crippen MR) is 141 cm³/mol. The molecule has 1 atom stereocenters. The second-order valence-corrected chi connectivity index (χ2v) is 8.75. The van der Waals surface area contributed by atoms with E-state index in [1.807, 2.05) is 31.2 Å². The first kappa shape index (κ1) is 27.3. The number of benzene rings is 2. The number of nitrogens with zero attached hydrogens (tertiary/aromatic N) is 2. The lowest BCUT2D eigenvalue weighted by Crippen LogP contribution is -2.38. The topological polar surface area (TPSA) is 79.3 Å². The highest BCUT2D eigenvalue weighted by molar-refractivity contribution is 6.46. The van der Waals surface area contributed by atoms with E-state index in [0.717, 1.165) is 37.2 Å². The number of carbonyl (C=O) groups is 2. The number of unbranched alkanes of at least 4 members (excludes halogenated alkanes) is 1. The van der Waals surface area contributed by atoms with E-state index in [4.69, 9.17) is 9.47 Å². The van der Waals surface area contributed by atoms with Gasteiger partial charge in [-0.05, 0) is 68.4 Å². The fourth-order valence-corrected chi connectivity index (χ4v) is 4.36. The third-order valence-electron chi connectivity index (χ3n) is 6.49. The molecule has 0 aliphatic carbocycles. The Morgan fingerprint density at radius 3 is 2.11 bits per heavy atom. The Balaban J connectivity index is 2.00. The average Bonchev–Trinajstić information content (AvgIpc) is 3.15. The first-order chi connectivity index (χ1) is 17.4. The number of ketones is 1. The molecule has 0 saturated carbocycles. The van der Waals surface area contributed by atoms with Crippen molar-refractivity contribution in [3.63, 3.8) is 0 Å². The van der Waals surface area contributed by atoms with E-state index in [1.54, 1.807) is 29.2 Å². The van der Waals surface area contributed by atoms with Crippen LogP contribution in [0.4, 0.5) is 0 Å². The van der Waals surface area contributed by atoms with E-state index in [1.165, 1.54) is 0 Å². The number of amides is 1. The number of hydrogen-bond donors (Lipinski definition) is 1. The van der Waals surface area contributed by atoms with E-state index in [-0.39, 0.29) is 11.3 Å². The van der Waals surface area contributed by atoms with Gasteiger partial charge in [-0.25, -0.2) is 0 Å². The molecule has 7 heteroatoms. The highest BCUT2D eigenvalue weighted by Crippen LogP contribution is 2.40. The van der Waals surface area contributed by atoms with Gasteiger partial charge in [0.2, 0.25) is 0 Å². The van der Waals surface area contributed by atoms with Gasteiger partial charge in [0.1, 0.15) is 17.3 Å². The minimum absolute atomic E-state index is 0.100. The van der Waals surface area contributed by atoms with Gasteiger partial charge in [-0.3, -0.25) is 9.59 Å². The number of carbonyl (C=O) groups excluding carboxylic acids is 2. The largest absolute Gasteiger partial charge is 0.507 e. The van der Waals surface area contributed by atoms with Crippen LogP contribution in [0.1, 0.15) is 57.7 Å². The lowest BCUT2D eigenvalue weighted by atomic mass is 9.95. The Hall–Kier alpha value is -3.32. The molecule has 1 heterocycles. The van der Waals surface area contributed by atoms with Crippen molar-refractivity contribution < 1.29 is 24.2 Å². The van der Waals surface area contributed by atoms with Gasteiger partial charge in [0, 0.05) is 18.7 Å². The van der Waals surface area contributed by atoms with Crippen LogP contribution in [-0.4, -0.2) is 66.0 Å². The van der Waals surface area contributed by atoms with Crippen LogP contribution in [0.15, 0.2) is 54.1 Å². The molecule has 2 aromatic carbocycles. The molecule has 1 aliphatic heterocycles. The second-order valence-electron chi connectivity index (χ2n) is 8.75. The minimum atomic E-state index is -0.683. The van der Waals surface area contributed by atoms with Crippen molar-refractivity contribution in [2.45, 2.75) is 46.6 Å². The summed E-state index contributed by atoms with van der Waals surface area (Å²) < 4.78 is 11.3. The molecule has 1 saturated heterocycles. The summed E-state index contributed by atoms with van der Waals surface area (Å²) in [5.41, 5.74) is 1.32. The molecule has 36 heavy (non-hydrogen) atoms. The molecule has 0 radical (unpaired) electrons. The molecular weight excluding hydrogens is 456 g/mol. The Bertz CT molecular complexity index is 1040. The summed E-state index contributed by atoms with van der Waals surface area (Å²) in [6.45, 7) is 12.0. The van der Waals surface area contributed by atoms with Crippen molar-refractivity contribution in [2.75, 3.05) is 39.4 Å². The van der Waals surface area contributed by atoms with Gasteiger partial charge >= 0.3 is 0 Å². The van der Waals surface area contributed by atoms with Crippen LogP contribution >= 0.6 is 0 Å². The molecule has 1 fully saturated rings. The molecule has 3 rings (SSSR count). The number of likely N-dealkylation sites (tertiary alicyclic amines) is 1. The molecule has 2 aromatic rings. The summed E-state index contributed by atoms with van der Waals surface area (Å²) in [5.74, 6) is -0.0464. The van der Waals surface area contributed by atoms with Gasteiger partial charge in [-0.1, -0.05) is 39.3 Å². The van der Waals surface area contributed by atoms with Crippen LogP contribution in [0, 0.1) is 0 Å². The standard InChI is InChI=1S/C29H38N2O5/c1-5-9-20-36-24-14-10-21(11-15-24)26-25(27(32)22-12-16-23(17-13-22)35-8-4)28(33)29(34)31(26)19-18-30(6-2)7-3/h10-17,26,32H,5-9,18-20H2,1-4H3/b27-25+. The third kappa shape index (κ3) is 6.26. The van der Waals surface area contributed by atoms with Crippen LogP contribution < -0.4 is 9.47 Å². The van der Waals surface area contributed by atoms with E-state index in [9.17, 15) is 14.7 Å². The fraction of sp³-hybridized carbons (Fsp3) is 0.448. The van der Waals surface area contributed by atoms with Crippen molar-refractivity contribution in [3.8, 4) is 11.5 Å². The average molecular weight is 495 g/mol. The molecule has 0 spiro atoms. The Morgan fingerprint density at radius 1 is 0.917 bits per heavy atom. The molecular formula is C29H38N2O5. The molecule has 1 N–H and O–H groups in total. The zero-order valence-corrected chi connectivity index (χ0v) is 21.8. The summed E-state index contributed by atoms with van der Waals surface area (Å²) in [4.78, 5) is 30.2. The first-order valence-electron chi connectivity index (χ1n) is 12.9.